The van der Waals surface area contributed by atoms with Gasteiger partial charge in [0.25, 0.3) is 0 Å². The molecule has 1 aliphatic rings. The second-order valence-electron chi connectivity index (χ2n) is 6.47. The van der Waals surface area contributed by atoms with Crippen LogP contribution in [0.3, 0.4) is 0 Å². The summed E-state index contributed by atoms with van der Waals surface area (Å²) in [5.74, 6) is -1.16. The molecule has 1 atom stereocenters. The highest BCUT2D eigenvalue weighted by atomic mass is 19.1. The maximum Gasteiger partial charge on any atom is 0.410 e. The maximum absolute atomic E-state index is 13.5. The zero-order valence-corrected chi connectivity index (χ0v) is 13.1. The van der Waals surface area contributed by atoms with Gasteiger partial charge in [0.1, 0.15) is 11.4 Å². The first kappa shape index (κ1) is 16.5. The lowest BCUT2D eigenvalue weighted by atomic mass is 10.1. The summed E-state index contributed by atoms with van der Waals surface area (Å²) in [4.78, 5) is 13.5. The zero-order valence-electron chi connectivity index (χ0n) is 13.1. The van der Waals surface area contributed by atoms with E-state index in [0.29, 0.717) is 13.1 Å². The zero-order chi connectivity index (χ0) is 16.3. The van der Waals surface area contributed by atoms with Crippen LogP contribution in [-0.4, -0.2) is 36.3 Å². The summed E-state index contributed by atoms with van der Waals surface area (Å²) in [6, 6.07) is 3.10. The highest BCUT2D eigenvalue weighted by molar-refractivity contribution is 5.68. The molecule has 0 bridgehead atoms. The van der Waals surface area contributed by atoms with Crippen LogP contribution in [-0.2, 0) is 4.74 Å². The standard InChI is InChI=1S/C16H21F2NO3/c1-16(2,3)22-15(20)19-7-6-11(9-19)10-21-14-8-12(17)4-5-13(14)18/h4-5,8,11H,6-7,9-10H2,1-3H3/t11-/m0/s1. The first-order valence-corrected chi connectivity index (χ1v) is 7.30. The van der Waals surface area contributed by atoms with Crippen molar-refractivity contribution in [3.05, 3.63) is 29.8 Å². The Balaban J connectivity index is 1.84. The number of halogens is 2. The third-order valence-corrected chi connectivity index (χ3v) is 3.31. The van der Waals surface area contributed by atoms with Crippen molar-refractivity contribution in [2.45, 2.75) is 32.8 Å². The lowest BCUT2D eigenvalue weighted by Gasteiger charge is -2.24. The number of nitrogens with zero attached hydrogens (tertiary/aromatic N) is 1. The van der Waals surface area contributed by atoms with Crippen molar-refractivity contribution >= 4 is 6.09 Å². The molecule has 122 valence electrons. The second kappa shape index (κ2) is 6.50. The molecule has 1 amide bonds. The average Bonchev–Trinajstić information content (AvgIpc) is 2.87. The number of likely N-dealkylation sites (tertiary alicyclic amines) is 1. The van der Waals surface area contributed by atoms with Gasteiger partial charge < -0.3 is 14.4 Å². The molecule has 1 fully saturated rings. The van der Waals surface area contributed by atoms with Crippen molar-refractivity contribution in [1.82, 2.24) is 4.90 Å². The summed E-state index contributed by atoms with van der Waals surface area (Å²) in [6.07, 6.45) is 0.392. The Morgan fingerprint density at radius 2 is 2.09 bits per heavy atom. The summed E-state index contributed by atoms with van der Waals surface area (Å²) < 4.78 is 37.2. The molecule has 1 heterocycles. The van der Waals surface area contributed by atoms with E-state index in [1.165, 1.54) is 0 Å². The average molecular weight is 313 g/mol. The predicted octanol–water partition coefficient (Wildman–Crippen LogP) is 3.60. The van der Waals surface area contributed by atoms with Gasteiger partial charge in [0.05, 0.1) is 6.61 Å². The van der Waals surface area contributed by atoms with Crippen molar-refractivity contribution in [2.75, 3.05) is 19.7 Å². The lowest BCUT2D eigenvalue weighted by Crippen LogP contribution is -2.35. The summed E-state index contributed by atoms with van der Waals surface area (Å²) >= 11 is 0. The minimum Gasteiger partial charge on any atom is -0.490 e. The minimum absolute atomic E-state index is 0.0789. The number of benzene rings is 1. The lowest BCUT2D eigenvalue weighted by molar-refractivity contribution is 0.0284. The molecule has 4 nitrogen and oxygen atoms in total. The summed E-state index contributed by atoms with van der Waals surface area (Å²) in [5.41, 5.74) is -0.531. The van der Waals surface area contributed by atoms with E-state index in [9.17, 15) is 13.6 Å². The molecular formula is C16H21F2NO3. The van der Waals surface area contributed by atoms with Crippen LogP contribution in [0, 0.1) is 17.6 Å². The molecular weight excluding hydrogens is 292 g/mol. The Labute approximate surface area is 129 Å². The fourth-order valence-corrected chi connectivity index (χ4v) is 2.26. The number of rotatable bonds is 3. The molecule has 2 rings (SSSR count). The third kappa shape index (κ3) is 4.58. The van der Waals surface area contributed by atoms with Crippen molar-refractivity contribution in [3.63, 3.8) is 0 Å². The molecule has 0 radical (unpaired) electrons. The van der Waals surface area contributed by atoms with E-state index in [1.54, 1.807) is 4.90 Å². The summed E-state index contributed by atoms with van der Waals surface area (Å²) in [5, 5.41) is 0. The van der Waals surface area contributed by atoms with E-state index in [0.717, 1.165) is 24.6 Å². The van der Waals surface area contributed by atoms with Gasteiger partial charge in [-0.2, -0.15) is 0 Å². The van der Waals surface area contributed by atoms with Crippen LogP contribution in [0.4, 0.5) is 13.6 Å². The summed E-state index contributed by atoms with van der Waals surface area (Å²) in [7, 11) is 0. The number of ether oxygens (including phenoxy) is 2. The van der Waals surface area contributed by atoms with E-state index in [4.69, 9.17) is 9.47 Å². The Morgan fingerprint density at radius 3 is 2.77 bits per heavy atom. The van der Waals surface area contributed by atoms with Gasteiger partial charge in [0, 0.05) is 25.1 Å². The molecule has 6 heteroatoms. The van der Waals surface area contributed by atoms with Gasteiger partial charge in [-0.15, -0.1) is 0 Å². The molecule has 0 unspecified atom stereocenters. The molecule has 1 saturated heterocycles. The Hall–Kier alpha value is -1.85. The molecule has 0 N–H and O–H groups in total. The quantitative estimate of drug-likeness (QED) is 0.856. The molecule has 22 heavy (non-hydrogen) atoms. The Kier molecular flexibility index (Phi) is 4.88. The van der Waals surface area contributed by atoms with E-state index < -0.39 is 17.2 Å². The Bertz CT molecular complexity index is 543. The first-order chi connectivity index (χ1) is 10.2. The molecule has 1 aliphatic heterocycles. The number of carbonyl (C=O) groups excluding carboxylic acids is 1. The van der Waals surface area contributed by atoms with E-state index in [2.05, 4.69) is 0 Å². The van der Waals surface area contributed by atoms with E-state index in [-0.39, 0.29) is 24.4 Å². The van der Waals surface area contributed by atoms with Gasteiger partial charge in [-0.25, -0.2) is 13.6 Å². The molecule has 0 aliphatic carbocycles. The molecule has 1 aromatic carbocycles. The van der Waals surface area contributed by atoms with Crippen LogP contribution in [0.2, 0.25) is 0 Å². The van der Waals surface area contributed by atoms with Gasteiger partial charge in [-0.1, -0.05) is 0 Å². The van der Waals surface area contributed by atoms with Gasteiger partial charge >= 0.3 is 6.09 Å². The van der Waals surface area contributed by atoms with Crippen molar-refractivity contribution in [2.24, 2.45) is 5.92 Å². The maximum atomic E-state index is 13.5. The van der Waals surface area contributed by atoms with Gasteiger partial charge in [0.15, 0.2) is 11.6 Å². The second-order valence-corrected chi connectivity index (χ2v) is 6.47. The Morgan fingerprint density at radius 1 is 1.36 bits per heavy atom. The van der Waals surface area contributed by atoms with Crippen LogP contribution < -0.4 is 4.74 Å². The number of hydrogen-bond donors (Lipinski definition) is 0. The fourth-order valence-electron chi connectivity index (χ4n) is 2.26. The molecule has 0 aromatic heterocycles. The summed E-state index contributed by atoms with van der Waals surface area (Å²) in [6.45, 7) is 6.75. The molecule has 0 saturated carbocycles. The van der Waals surface area contributed by atoms with Gasteiger partial charge in [-0.05, 0) is 39.3 Å². The molecule has 1 aromatic rings. The largest absolute Gasteiger partial charge is 0.490 e. The van der Waals surface area contributed by atoms with Crippen LogP contribution in [0.1, 0.15) is 27.2 Å². The minimum atomic E-state index is -0.594. The van der Waals surface area contributed by atoms with Crippen LogP contribution in [0.25, 0.3) is 0 Å². The monoisotopic (exact) mass is 313 g/mol. The van der Waals surface area contributed by atoms with Gasteiger partial charge in [-0.3, -0.25) is 0 Å². The first-order valence-electron chi connectivity index (χ1n) is 7.30. The van der Waals surface area contributed by atoms with Crippen LogP contribution in [0.5, 0.6) is 5.75 Å². The number of carbonyl (C=O) groups is 1. The fraction of sp³-hybridized carbons (Fsp3) is 0.562. The SMILES string of the molecule is CC(C)(C)OC(=O)N1CC[C@H](COc2cc(F)ccc2F)C1. The van der Waals surface area contributed by atoms with Crippen molar-refractivity contribution in [1.29, 1.82) is 0 Å². The van der Waals surface area contributed by atoms with Crippen LogP contribution >= 0.6 is 0 Å². The van der Waals surface area contributed by atoms with Crippen molar-refractivity contribution < 1.29 is 23.0 Å². The number of amides is 1. The highest BCUT2D eigenvalue weighted by Gasteiger charge is 2.30. The van der Waals surface area contributed by atoms with Crippen LogP contribution in [0.15, 0.2) is 18.2 Å². The third-order valence-electron chi connectivity index (χ3n) is 3.31. The predicted molar refractivity (Wildman–Crippen MR) is 77.8 cm³/mol. The van der Waals surface area contributed by atoms with E-state index >= 15 is 0 Å². The normalized spacial score (nSPS) is 18.4. The van der Waals surface area contributed by atoms with E-state index in [1.807, 2.05) is 20.8 Å². The smallest absolute Gasteiger partial charge is 0.410 e. The highest BCUT2D eigenvalue weighted by Crippen LogP contribution is 2.23. The topological polar surface area (TPSA) is 38.8 Å². The van der Waals surface area contributed by atoms with Gasteiger partial charge in [0.2, 0.25) is 0 Å². The van der Waals surface area contributed by atoms with Crippen molar-refractivity contribution in [3.8, 4) is 5.75 Å². The molecule has 0 spiro atoms. The number of hydrogen-bond acceptors (Lipinski definition) is 3.